The van der Waals surface area contributed by atoms with Gasteiger partial charge >= 0.3 is 0 Å². The molecule has 0 unspecified atom stereocenters. The van der Waals surface area contributed by atoms with Crippen LogP contribution in [0.3, 0.4) is 0 Å². The molecule has 4 aromatic heterocycles. The average Bonchev–Trinajstić information content (AvgIpc) is 3.45. The van der Waals surface area contributed by atoms with Crippen molar-refractivity contribution < 1.29 is 18.0 Å². The van der Waals surface area contributed by atoms with Gasteiger partial charge in [-0.25, -0.2) is 27.4 Å². The minimum atomic E-state index is -2.60. The first-order chi connectivity index (χ1) is 15.8. The van der Waals surface area contributed by atoms with Crippen molar-refractivity contribution >= 4 is 34.4 Å². The van der Waals surface area contributed by atoms with Crippen molar-refractivity contribution in [1.29, 1.82) is 0 Å². The maximum Gasteiger partial charge on any atom is 0.258 e. The SMILES string of the molecule is CC(=O)N1C[C@H](F)[C@H](Nc2nc(N)c3c(-c4ccc5nnn(CC(F)F)c5n4)ccn3n2)C1. The van der Waals surface area contributed by atoms with Gasteiger partial charge in [0.15, 0.2) is 11.5 Å². The quantitative estimate of drug-likeness (QED) is 0.456. The summed E-state index contributed by atoms with van der Waals surface area (Å²) in [6.07, 6.45) is -2.23. The van der Waals surface area contributed by atoms with E-state index in [1.807, 2.05) is 0 Å². The highest BCUT2D eigenvalue weighted by Gasteiger charge is 2.34. The molecule has 1 amide bonds. The molecule has 0 bridgehead atoms. The molecule has 1 aliphatic rings. The lowest BCUT2D eigenvalue weighted by atomic mass is 10.2. The number of likely N-dealkylation sites (tertiary alicyclic amines) is 1. The van der Waals surface area contributed by atoms with E-state index in [9.17, 15) is 18.0 Å². The van der Waals surface area contributed by atoms with Gasteiger partial charge in [0, 0.05) is 25.2 Å². The number of aromatic nitrogens is 7. The second-order valence-corrected chi connectivity index (χ2v) is 7.74. The third kappa shape index (κ3) is 3.76. The maximum atomic E-state index is 14.3. The molecule has 4 aromatic rings. The summed E-state index contributed by atoms with van der Waals surface area (Å²) in [5.41, 5.74) is 8.28. The van der Waals surface area contributed by atoms with E-state index in [1.54, 1.807) is 24.4 Å². The van der Waals surface area contributed by atoms with Crippen LogP contribution in [-0.4, -0.2) is 77.1 Å². The zero-order valence-corrected chi connectivity index (χ0v) is 17.4. The minimum absolute atomic E-state index is 0.00351. The van der Waals surface area contributed by atoms with Gasteiger partial charge in [0.05, 0.1) is 18.3 Å². The van der Waals surface area contributed by atoms with Crippen LogP contribution in [0.25, 0.3) is 27.9 Å². The summed E-state index contributed by atoms with van der Waals surface area (Å²) in [4.78, 5) is 21.6. The number of fused-ring (bicyclic) bond motifs is 2. The Morgan fingerprint density at radius 1 is 1.27 bits per heavy atom. The summed E-state index contributed by atoms with van der Waals surface area (Å²) in [6.45, 7) is 0.961. The fourth-order valence-electron chi connectivity index (χ4n) is 3.90. The zero-order chi connectivity index (χ0) is 23.3. The molecular formula is C19H19F3N10O. The summed E-state index contributed by atoms with van der Waals surface area (Å²) >= 11 is 0. The largest absolute Gasteiger partial charge is 0.382 e. The van der Waals surface area contributed by atoms with Crippen molar-refractivity contribution in [2.24, 2.45) is 0 Å². The number of amides is 1. The second kappa shape index (κ2) is 7.86. The van der Waals surface area contributed by atoms with Gasteiger partial charge in [-0.2, -0.15) is 4.98 Å². The van der Waals surface area contributed by atoms with Gasteiger partial charge in [-0.15, -0.1) is 10.2 Å². The number of hydrogen-bond acceptors (Lipinski definition) is 8. The molecule has 172 valence electrons. The molecule has 1 aliphatic heterocycles. The zero-order valence-electron chi connectivity index (χ0n) is 17.4. The van der Waals surface area contributed by atoms with Crippen molar-refractivity contribution in [1.82, 2.24) is 39.5 Å². The van der Waals surface area contributed by atoms with Crippen LogP contribution >= 0.6 is 0 Å². The molecule has 0 spiro atoms. The summed E-state index contributed by atoms with van der Waals surface area (Å²) in [5, 5.41) is 14.8. The van der Waals surface area contributed by atoms with Crippen molar-refractivity contribution in [3.8, 4) is 11.3 Å². The van der Waals surface area contributed by atoms with Crippen molar-refractivity contribution in [3.63, 3.8) is 0 Å². The Hall–Kier alpha value is -3.97. The Morgan fingerprint density at radius 2 is 2.09 bits per heavy atom. The fraction of sp³-hybridized carbons (Fsp3) is 0.368. The molecule has 2 atom stereocenters. The molecule has 14 heteroatoms. The Bertz CT molecular complexity index is 1350. The fourth-order valence-corrected chi connectivity index (χ4v) is 3.90. The first-order valence-corrected chi connectivity index (χ1v) is 10.1. The van der Waals surface area contributed by atoms with Gasteiger partial charge in [-0.1, -0.05) is 5.21 Å². The summed E-state index contributed by atoms with van der Waals surface area (Å²) in [6, 6.07) is 4.36. The normalized spacial score (nSPS) is 18.6. The van der Waals surface area contributed by atoms with Gasteiger partial charge in [0.2, 0.25) is 11.9 Å². The number of pyridine rings is 1. The smallest absolute Gasteiger partial charge is 0.258 e. The van der Waals surface area contributed by atoms with Gasteiger partial charge in [-0.05, 0) is 18.2 Å². The van der Waals surface area contributed by atoms with Crippen molar-refractivity contribution in [2.75, 3.05) is 24.1 Å². The molecule has 33 heavy (non-hydrogen) atoms. The van der Waals surface area contributed by atoms with Crippen LogP contribution in [0, 0.1) is 0 Å². The number of nitrogens with zero attached hydrogens (tertiary/aromatic N) is 8. The van der Waals surface area contributed by atoms with Gasteiger partial charge in [0.1, 0.15) is 23.7 Å². The van der Waals surface area contributed by atoms with Crippen LogP contribution in [0.2, 0.25) is 0 Å². The molecule has 0 aliphatic carbocycles. The number of nitrogen functional groups attached to an aromatic ring is 1. The standard InChI is InChI=1S/C19H19F3N10O/c1-9(33)30-6-11(20)14(7-30)25-19-26-17(23)16-10(4-5-31(16)28-19)12-2-3-13-18(24-12)32(29-27-13)8-15(21)22/h2-5,11,14-15H,6-8H2,1H3,(H3,23,25,26,28)/t11-,14+/m0/s1. The van der Waals surface area contributed by atoms with Crippen LogP contribution < -0.4 is 11.1 Å². The van der Waals surface area contributed by atoms with Crippen LogP contribution in [0.4, 0.5) is 24.9 Å². The second-order valence-electron chi connectivity index (χ2n) is 7.74. The highest BCUT2D eigenvalue weighted by atomic mass is 19.3. The number of alkyl halides is 3. The first kappa shape index (κ1) is 20.9. The third-order valence-electron chi connectivity index (χ3n) is 5.49. The molecule has 1 fully saturated rings. The maximum absolute atomic E-state index is 14.3. The molecule has 11 nitrogen and oxygen atoms in total. The highest BCUT2D eigenvalue weighted by molar-refractivity contribution is 5.88. The molecule has 0 aromatic carbocycles. The predicted octanol–water partition coefficient (Wildman–Crippen LogP) is 1.36. The van der Waals surface area contributed by atoms with E-state index in [1.165, 1.54) is 16.3 Å². The Kier molecular flexibility index (Phi) is 4.98. The number of anilines is 2. The van der Waals surface area contributed by atoms with Crippen LogP contribution in [0.1, 0.15) is 6.92 Å². The number of hydrogen-bond donors (Lipinski definition) is 2. The van der Waals surface area contributed by atoms with E-state index in [4.69, 9.17) is 5.73 Å². The Labute approximate surface area is 184 Å². The topological polar surface area (TPSA) is 132 Å². The first-order valence-electron chi connectivity index (χ1n) is 10.1. The molecule has 0 saturated carbocycles. The van der Waals surface area contributed by atoms with E-state index in [0.717, 1.165) is 4.68 Å². The number of nitrogens with one attached hydrogen (secondary N) is 1. The van der Waals surface area contributed by atoms with Gasteiger partial charge in [0.25, 0.3) is 6.43 Å². The van der Waals surface area contributed by atoms with E-state index < -0.39 is 25.2 Å². The number of carbonyl (C=O) groups excluding carboxylic acids is 1. The molecule has 5 rings (SSSR count). The van der Waals surface area contributed by atoms with Gasteiger partial charge < -0.3 is 16.0 Å². The molecular weight excluding hydrogens is 441 g/mol. The van der Waals surface area contributed by atoms with E-state index in [-0.39, 0.29) is 36.4 Å². The summed E-state index contributed by atoms with van der Waals surface area (Å²) in [7, 11) is 0. The lowest BCUT2D eigenvalue weighted by Crippen LogP contribution is -2.32. The van der Waals surface area contributed by atoms with E-state index >= 15 is 0 Å². The van der Waals surface area contributed by atoms with E-state index in [2.05, 4.69) is 30.7 Å². The van der Waals surface area contributed by atoms with Crippen molar-refractivity contribution in [3.05, 3.63) is 24.4 Å². The van der Waals surface area contributed by atoms with Crippen LogP contribution in [0.5, 0.6) is 0 Å². The number of nitrogens with two attached hydrogens (primary N) is 1. The summed E-state index contributed by atoms with van der Waals surface area (Å²) in [5.74, 6) is 0.0238. The predicted molar refractivity (Wildman–Crippen MR) is 112 cm³/mol. The van der Waals surface area contributed by atoms with Crippen LogP contribution in [-0.2, 0) is 11.3 Å². The average molecular weight is 460 g/mol. The minimum Gasteiger partial charge on any atom is -0.382 e. The van der Waals surface area contributed by atoms with Crippen LogP contribution in [0.15, 0.2) is 24.4 Å². The number of halogens is 3. The number of carbonyl (C=O) groups is 1. The van der Waals surface area contributed by atoms with Crippen molar-refractivity contribution in [2.45, 2.75) is 32.1 Å². The lowest BCUT2D eigenvalue weighted by Gasteiger charge is -2.15. The summed E-state index contributed by atoms with van der Waals surface area (Å²) < 4.78 is 42.5. The highest BCUT2D eigenvalue weighted by Crippen LogP contribution is 2.29. The molecule has 1 saturated heterocycles. The molecule has 5 heterocycles. The Balaban J connectivity index is 1.47. The van der Waals surface area contributed by atoms with E-state index in [0.29, 0.717) is 22.3 Å². The van der Waals surface area contributed by atoms with Gasteiger partial charge in [-0.3, -0.25) is 4.79 Å². The molecule has 3 N–H and O–H groups in total. The monoisotopic (exact) mass is 460 g/mol. The number of rotatable bonds is 5. The Morgan fingerprint density at radius 3 is 2.82 bits per heavy atom. The lowest BCUT2D eigenvalue weighted by molar-refractivity contribution is -0.128. The molecule has 0 radical (unpaired) electrons. The third-order valence-corrected chi connectivity index (χ3v) is 5.49.